The first-order valence-corrected chi connectivity index (χ1v) is 7.86. The lowest BCUT2D eigenvalue weighted by Crippen LogP contribution is -2.57. The maximum Gasteiger partial charge on any atom is 0.307 e. The van der Waals surface area contributed by atoms with E-state index in [2.05, 4.69) is 32.9 Å². The molecule has 1 N–H and O–H groups in total. The number of aliphatic carboxylic acids is 1. The second-order valence-corrected chi connectivity index (χ2v) is 7.07. The van der Waals surface area contributed by atoms with Gasteiger partial charge in [-0.3, -0.25) is 4.79 Å². The molecule has 0 aliphatic heterocycles. The van der Waals surface area contributed by atoms with Crippen molar-refractivity contribution in [3.8, 4) is 0 Å². The van der Waals surface area contributed by atoms with Crippen molar-refractivity contribution >= 4 is 5.97 Å². The summed E-state index contributed by atoms with van der Waals surface area (Å²) in [7, 11) is 0. The molecule has 0 aromatic carbocycles. The highest BCUT2D eigenvalue weighted by Crippen LogP contribution is 2.63. The van der Waals surface area contributed by atoms with Gasteiger partial charge in [0.25, 0.3) is 0 Å². The van der Waals surface area contributed by atoms with E-state index < -0.39 is 5.97 Å². The first kappa shape index (κ1) is 14.6. The van der Waals surface area contributed by atoms with E-state index >= 15 is 0 Å². The fourth-order valence-corrected chi connectivity index (χ4v) is 4.23. The molecule has 0 saturated heterocycles. The maximum atomic E-state index is 11.6. The summed E-state index contributed by atoms with van der Waals surface area (Å²) in [4.78, 5) is 11.6. The van der Waals surface area contributed by atoms with Crippen molar-refractivity contribution in [2.24, 2.45) is 29.1 Å². The van der Waals surface area contributed by atoms with Crippen LogP contribution in [0.15, 0.2) is 12.2 Å². The Morgan fingerprint density at radius 2 is 2.05 bits per heavy atom. The molecule has 0 heterocycles. The third kappa shape index (κ3) is 2.73. The summed E-state index contributed by atoms with van der Waals surface area (Å²) in [6.45, 7) is 6.72. The van der Waals surface area contributed by atoms with Crippen LogP contribution in [0.2, 0.25) is 0 Å². The average Bonchev–Trinajstić information content (AvgIpc) is 2.37. The topological polar surface area (TPSA) is 37.3 Å². The summed E-state index contributed by atoms with van der Waals surface area (Å²) in [6, 6.07) is 0. The fourth-order valence-electron chi connectivity index (χ4n) is 4.23. The van der Waals surface area contributed by atoms with Crippen LogP contribution >= 0.6 is 0 Å². The van der Waals surface area contributed by atoms with Crippen molar-refractivity contribution in [1.82, 2.24) is 0 Å². The van der Waals surface area contributed by atoms with Gasteiger partial charge in [-0.15, -0.1) is 0 Å². The fraction of sp³-hybridized carbons (Fsp3) is 0.824. The van der Waals surface area contributed by atoms with Crippen LogP contribution in [0.5, 0.6) is 0 Å². The molecule has 3 aliphatic rings. The Morgan fingerprint density at radius 1 is 1.32 bits per heavy atom. The Kier molecular flexibility index (Phi) is 4.37. The van der Waals surface area contributed by atoms with Crippen molar-refractivity contribution in [2.45, 2.75) is 59.3 Å². The van der Waals surface area contributed by atoms with Gasteiger partial charge in [-0.1, -0.05) is 45.8 Å². The molecule has 108 valence electrons. The van der Waals surface area contributed by atoms with E-state index in [4.69, 9.17) is 0 Å². The zero-order chi connectivity index (χ0) is 14.0. The lowest BCUT2D eigenvalue weighted by Gasteiger charge is -2.61. The highest BCUT2D eigenvalue weighted by Gasteiger charge is 2.59. The number of carbonyl (C=O) groups is 1. The molecule has 2 bridgehead atoms. The van der Waals surface area contributed by atoms with Crippen LogP contribution < -0.4 is 0 Å². The Morgan fingerprint density at radius 3 is 2.63 bits per heavy atom. The predicted molar refractivity (Wildman–Crippen MR) is 77.9 cm³/mol. The normalized spacial score (nSPS) is 36.2. The van der Waals surface area contributed by atoms with Gasteiger partial charge in [0.15, 0.2) is 0 Å². The Hall–Kier alpha value is -0.790. The van der Waals surface area contributed by atoms with Crippen molar-refractivity contribution in [2.75, 3.05) is 0 Å². The molecule has 3 fully saturated rings. The largest absolute Gasteiger partial charge is 0.481 e. The summed E-state index contributed by atoms with van der Waals surface area (Å²) in [6.07, 6.45) is 11.3. The van der Waals surface area contributed by atoms with Crippen LogP contribution in [0.25, 0.3) is 0 Å². The predicted octanol–water partition coefficient (Wildman–Crippen LogP) is 4.51. The third-order valence-corrected chi connectivity index (χ3v) is 5.69. The number of fused-ring (bicyclic) bond motifs is 2. The van der Waals surface area contributed by atoms with Gasteiger partial charge in [0.1, 0.15) is 0 Å². The Balaban J connectivity index is 1.94. The van der Waals surface area contributed by atoms with Crippen molar-refractivity contribution in [1.29, 1.82) is 0 Å². The van der Waals surface area contributed by atoms with E-state index in [0.717, 1.165) is 31.6 Å². The highest BCUT2D eigenvalue weighted by atomic mass is 16.4. The van der Waals surface area contributed by atoms with E-state index in [1.807, 2.05) is 0 Å². The smallest absolute Gasteiger partial charge is 0.307 e. The molecule has 3 saturated carbocycles. The summed E-state index contributed by atoms with van der Waals surface area (Å²) in [5.74, 6) is 0.839. The van der Waals surface area contributed by atoms with E-state index in [1.54, 1.807) is 0 Å². The summed E-state index contributed by atoms with van der Waals surface area (Å²) < 4.78 is 0. The molecule has 3 rings (SSSR count). The lowest BCUT2D eigenvalue weighted by atomic mass is 9.43. The summed E-state index contributed by atoms with van der Waals surface area (Å²) in [5.41, 5.74) is 0.255. The van der Waals surface area contributed by atoms with Crippen LogP contribution in [0, 0.1) is 29.1 Å². The van der Waals surface area contributed by atoms with Gasteiger partial charge in [0.05, 0.1) is 5.92 Å². The van der Waals surface area contributed by atoms with E-state index in [9.17, 15) is 9.90 Å². The quantitative estimate of drug-likeness (QED) is 0.566. The number of unbranched alkanes of at least 4 members (excludes halogenated alkanes) is 2. The van der Waals surface area contributed by atoms with Gasteiger partial charge in [-0.25, -0.2) is 0 Å². The van der Waals surface area contributed by atoms with Gasteiger partial charge < -0.3 is 5.11 Å². The molecule has 0 amide bonds. The molecule has 0 aromatic rings. The second kappa shape index (κ2) is 5.68. The molecular weight excluding hydrogens is 236 g/mol. The number of rotatable bonds is 6. The zero-order valence-electron chi connectivity index (χ0n) is 12.6. The van der Waals surface area contributed by atoms with Crippen LogP contribution in [-0.4, -0.2) is 11.1 Å². The Bertz CT molecular complexity index is 356. The molecule has 0 aromatic heterocycles. The molecule has 19 heavy (non-hydrogen) atoms. The number of allylic oxidation sites excluding steroid dienone is 2. The van der Waals surface area contributed by atoms with Crippen LogP contribution in [0.1, 0.15) is 59.3 Å². The molecule has 2 nitrogen and oxygen atoms in total. The van der Waals surface area contributed by atoms with Crippen molar-refractivity contribution in [3.63, 3.8) is 0 Å². The number of hydrogen-bond donors (Lipinski definition) is 1. The molecule has 4 atom stereocenters. The van der Waals surface area contributed by atoms with Crippen molar-refractivity contribution in [3.05, 3.63) is 12.2 Å². The van der Waals surface area contributed by atoms with E-state index in [1.165, 1.54) is 12.8 Å². The van der Waals surface area contributed by atoms with Gasteiger partial charge >= 0.3 is 5.97 Å². The minimum absolute atomic E-state index is 0.115. The van der Waals surface area contributed by atoms with Gasteiger partial charge in [-0.2, -0.15) is 0 Å². The minimum atomic E-state index is -0.566. The van der Waals surface area contributed by atoms with E-state index in [0.29, 0.717) is 11.8 Å². The molecule has 0 spiro atoms. The minimum Gasteiger partial charge on any atom is -0.481 e. The van der Waals surface area contributed by atoms with Gasteiger partial charge in [0.2, 0.25) is 0 Å². The van der Waals surface area contributed by atoms with Crippen LogP contribution in [0.4, 0.5) is 0 Å². The monoisotopic (exact) mass is 264 g/mol. The molecular formula is C17H28O2. The Labute approximate surface area is 117 Å². The summed E-state index contributed by atoms with van der Waals surface area (Å²) in [5, 5.41) is 9.55. The van der Waals surface area contributed by atoms with Crippen LogP contribution in [0.3, 0.4) is 0 Å². The molecule has 0 radical (unpaired) electrons. The first-order valence-electron chi connectivity index (χ1n) is 7.86. The van der Waals surface area contributed by atoms with E-state index in [-0.39, 0.29) is 11.3 Å². The van der Waals surface area contributed by atoms with Crippen molar-refractivity contribution < 1.29 is 9.90 Å². The SMILES string of the molecule is CCCC/C=C\CC1CC2CC(C1C(=O)O)C2(C)C. The highest BCUT2D eigenvalue weighted by molar-refractivity contribution is 5.71. The molecule has 4 unspecified atom stereocenters. The number of hydrogen-bond acceptors (Lipinski definition) is 1. The molecule has 3 aliphatic carbocycles. The molecule has 2 heteroatoms. The van der Waals surface area contributed by atoms with Crippen LogP contribution in [-0.2, 0) is 4.79 Å². The lowest BCUT2D eigenvalue weighted by molar-refractivity contribution is -0.175. The van der Waals surface area contributed by atoms with Gasteiger partial charge in [0, 0.05) is 0 Å². The number of carboxylic acid groups (broad SMARTS) is 1. The average molecular weight is 264 g/mol. The standard InChI is InChI=1S/C17H28O2/c1-4-5-6-7-8-9-12-10-13-11-14(17(13,2)3)15(12)16(18)19/h7-8,12-15H,4-6,9-11H2,1-3H3,(H,18,19)/b8-7-. The second-order valence-electron chi connectivity index (χ2n) is 7.07. The first-order chi connectivity index (χ1) is 8.98. The van der Waals surface area contributed by atoms with Gasteiger partial charge in [-0.05, 0) is 48.9 Å². The number of carboxylic acids is 1. The summed E-state index contributed by atoms with van der Waals surface area (Å²) >= 11 is 0. The third-order valence-electron chi connectivity index (χ3n) is 5.69. The zero-order valence-corrected chi connectivity index (χ0v) is 12.6. The maximum absolute atomic E-state index is 11.6.